The van der Waals surface area contributed by atoms with Gasteiger partial charge in [0.2, 0.25) is 0 Å². The van der Waals surface area contributed by atoms with E-state index in [1.165, 1.54) is 6.07 Å². The van der Waals surface area contributed by atoms with Gasteiger partial charge in [-0.15, -0.1) is 0 Å². The standard InChI is InChI=1S/C31H34BBrFN3O5/c1-4-39-30(38)15-24-14-26(34)25(32-41-19-31(2,3)20-42-32)16-27(24)40-12-6-7-22-13-21(17-35)10-11-23(22)18-36-29-9-5-8-28(33)37-29/h5,8-11,13-14,16H,4,6-7,12,15,18-20H2,1-3H3,(H,36,37). The number of rotatable bonds is 12. The quantitative estimate of drug-likeness (QED) is 0.123. The SMILES string of the molecule is CCOC(=O)Cc1cc(F)c(B2OCC(C)(C)CO2)cc1OCCCc1cc(C#N)ccc1CNc1cccc(Br)n1. The number of carbonyl (C=O) groups excluding carboxylic acids is 1. The van der Waals surface area contributed by atoms with E-state index >= 15 is 4.39 Å². The zero-order chi connectivity index (χ0) is 30.1. The lowest BCUT2D eigenvalue weighted by Crippen LogP contribution is -2.48. The van der Waals surface area contributed by atoms with Crippen LogP contribution in [0.25, 0.3) is 0 Å². The third-order valence-electron chi connectivity index (χ3n) is 6.68. The number of nitrogens with zero attached hydrogens (tertiary/aromatic N) is 2. The molecule has 11 heteroatoms. The molecule has 0 amide bonds. The molecule has 1 fully saturated rings. The fraction of sp³-hybridized carbons (Fsp3) is 0.387. The van der Waals surface area contributed by atoms with Gasteiger partial charge in [-0.25, -0.2) is 9.37 Å². The Bertz CT molecular complexity index is 1440. The van der Waals surface area contributed by atoms with Crippen molar-refractivity contribution in [3.05, 3.63) is 81.2 Å². The van der Waals surface area contributed by atoms with Crippen molar-refractivity contribution in [3.63, 3.8) is 0 Å². The molecule has 1 aliphatic heterocycles. The number of hydrogen-bond acceptors (Lipinski definition) is 8. The zero-order valence-corrected chi connectivity index (χ0v) is 25.6. The Labute approximate surface area is 254 Å². The highest BCUT2D eigenvalue weighted by Crippen LogP contribution is 2.25. The minimum Gasteiger partial charge on any atom is -0.493 e. The van der Waals surface area contributed by atoms with E-state index in [0.717, 1.165) is 21.5 Å². The highest BCUT2D eigenvalue weighted by atomic mass is 79.9. The highest BCUT2D eigenvalue weighted by molar-refractivity contribution is 9.10. The minimum atomic E-state index is -0.861. The second kappa shape index (κ2) is 14.6. The lowest BCUT2D eigenvalue weighted by molar-refractivity contribution is -0.142. The molecule has 0 bridgehead atoms. The first-order valence-electron chi connectivity index (χ1n) is 13.9. The molecule has 8 nitrogen and oxygen atoms in total. The first-order chi connectivity index (χ1) is 20.2. The van der Waals surface area contributed by atoms with Crippen molar-refractivity contribution in [1.29, 1.82) is 5.26 Å². The number of benzene rings is 2. The summed E-state index contributed by atoms with van der Waals surface area (Å²) in [4.78, 5) is 16.7. The van der Waals surface area contributed by atoms with Crippen molar-refractivity contribution in [3.8, 4) is 11.8 Å². The van der Waals surface area contributed by atoms with E-state index in [4.69, 9.17) is 18.8 Å². The summed E-state index contributed by atoms with van der Waals surface area (Å²) in [5, 5.41) is 12.8. The van der Waals surface area contributed by atoms with Gasteiger partial charge in [0.05, 0.1) is 31.3 Å². The Kier molecular flexibility index (Phi) is 11.0. The summed E-state index contributed by atoms with van der Waals surface area (Å²) in [5.41, 5.74) is 3.08. The van der Waals surface area contributed by atoms with Gasteiger partial charge in [0.25, 0.3) is 0 Å². The van der Waals surface area contributed by atoms with Crippen molar-refractivity contribution in [1.82, 2.24) is 4.98 Å². The molecule has 0 atom stereocenters. The number of carbonyl (C=O) groups is 1. The normalized spacial score (nSPS) is 14.2. The Morgan fingerprint density at radius 3 is 2.67 bits per heavy atom. The highest BCUT2D eigenvalue weighted by Gasteiger charge is 2.36. The first-order valence-corrected chi connectivity index (χ1v) is 14.7. The molecule has 0 spiro atoms. The monoisotopic (exact) mass is 637 g/mol. The molecule has 4 rings (SSSR count). The summed E-state index contributed by atoms with van der Waals surface area (Å²) < 4.78 is 38.7. The number of halogens is 2. The van der Waals surface area contributed by atoms with E-state index in [-0.39, 0.29) is 23.9 Å². The number of hydrogen-bond donors (Lipinski definition) is 1. The predicted molar refractivity (Wildman–Crippen MR) is 162 cm³/mol. The molecule has 0 aliphatic carbocycles. The number of esters is 1. The van der Waals surface area contributed by atoms with Crippen molar-refractivity contribution < 1.29 is 28.0 Å². The summed E-state index contributed by atoms with van der Waals surface area (Å²) in [6.45, 7) is 7.67. The minimum absolute atomic E-state index is 0.122. The van der Waals surface area contributed by atoms with Crippen LogP contribution in [0.5, 0.6) is 5.75 Å². The number of nitriles is 1. The molecule has 0 saturated carbocycles. The first kappa shape index (κ1) is 31.5. The molecule has 1 aromatic heterocycles. The van der Waals surface area contributed by atoms with Crippen LogP contribution in [-0.2, 0) is 38.2 Å². The molecule has 220 valence electrons. The van der Waals surface area contributed by atoms with E-state index < -0.39 is 18.9 Å². The Morgan fingerprint density at radius 2 is 1.95 bits per heavy atom. The van der Waals surface area contributed by atoms with Crippen molar-refractivity contribution in [2.75, 3.05) is 31.7 Å². The third kappa shape index (κ3) is 8.77. The van der Waals surface area contributed by atoms with Crippen LogP contribution >= 0.6 is 15.9 Å². The van der Waals surface area contributed by atoms with Gasteiger partial charge in [-0.3, -0.25) is 4.79 Å². The van der Waals surface area contributed by atoms with Gasteiger partial charge in [0.15, 0.2) is 0 Å². The summed E-state index contributed by atoms with van der Waals surface area (Å²) >= 11 is 3.38. The topological polar surface area (TPSA) is 103 Å². The smallest absolute Gasteiger partial charge is 0.493 e. The average Bonchev–Trinajstić information content (AvgIpc) is 2.96. The zero-order valence-electron chi connectivity index (χ0n) is 24.0. The molecule has 1 saturated heterocycles. The number of aromatic nitrogens is 1. The van der Waals surface area contributed by atoms with E-state index in [0.29, 0.717) is 56.1 Å². The molecule has 0 unspecified atom stereocenters. The molecule has 2 aromatic carbocycles. The van der Waals surface area contributed by atoms with Gasteiger partial charge in [-0.1, -0.05) is 26.0 Å². The molecule has 0 radical (unpaired) electrons. The third-order valence-corrected chi connectivity index (χ3v) is 7.12. The van der Waals surface area contributed by atoms with Crippen molar-refractivity contribution >= 4 is 40.3 Å². The maximum Gasteiger partial charge on any atom is 0.497 e. The van der Waals surface area contributed by atoms with Gasteiger partial charge in [-0.05, 0) is 83.2 Å². The van der Waals surface area contributed by atoms with Crippen LogP contribution in [0.1, 0.15) is 49.4 Å². The molecule has 1 aliphatic rings. The predicted octanol–water partition coefficient (Wildman–Crippen LogP) is 5.35. The van der Waals surface area contributed by atoms with Crippen molar-refractivity contribution in [2.45, 2.75) is 46.6 Å². The van der Waals surface area contributed by atoms with Crippen LogP contribution in [0.3, 0.4) is 0 Å². The van der Waals surface area contributed by atoms with Crippen LogP contribution in [0.2, 0.25) is 0 Å². The van der Waals surface area contributed by atoms with Crippen LogP contribution in [-0.4, -0.2) is 44.5 Å². The molecular weight excluding hydrogens is 604 g/mol. The van der Waals surface area contributed by atoms with Crippen LogP contribution in [0.15, 0.2) is 53.1 Å². The van der Waals surface area contributed by atoms with Gasteiger partial charge in [0, 0.05) is 36.2 Å². The number of nitrogens with one attached hydrogen (secondary N) is 1. The maximum absolute atomic E-state index is 15.2. The van der Waals surface area contributed by atoms with Crippen LogP contribution in [0, 0.1) is 22.6 Å². The Balaban J connectivity index is 1.46. The number of anilines is 1. The fourth-order valence-electron chi connectivity index (χ4n) is 4.54. The Hall–Kier alpha value is -3.46. The molecule has 2 heterocycles. The molecule has 3 aromatic rings. The number of ether oxygens (including phenoxy) is 2. The molecule has 1 N–H and O–H groups in total. The molecular formula is C31H34BBrFN3O5. The summed E-state index contributed by atoms with van der Waals surface area (Å²) in [5.74, 6) is 0.118. The number of pyridine rings is 1. The van der Waals surface area contributed by atoms with Crippen molar-refractivity contribution in [2.24, 2.45) is 5.41 Å². The second-order valence-electron chi connectivity index (χ2n) is 10.8. The fourth-order valence-corrected chi connectivity index (χ4v) is 4.88. The average molecular weight is 638 g/mol. The van der Waals surface area contributed by atoms with E-state index in [1.807, 2.05) is 44.2 Å². The second-order valence-corrected chi connectivity index (χ2v) is 11.6. The van der Waals surface area contributed by atoms with Crippen LogP contribution < -0.4 is 15.5 Å². The largest absolute Gasteiger partial charge is 0.497 e. The maximum atomic E-state index is 15.2. The lowest BCUT2D eigenvalue weighted by atomic mass is 9.75. The number of aryl methyl sites for hydroxylation is 1. The lowest BCUT2D eigenvalue weighted by Gasteiger charge is -2.33. The summed E-state index contributed by atoms with van der Waals surface area (Å²) in [6.07, 6.45) is 1.14. The Morgan fingerprint density at radius 1 is 1.17 bits per heavy atom. The molecule has 42 heavy (non-hydrogen) atoms. The van der Waals surface area contributed by atoms with E-state index in [9.17, 15) is 10.1 Å². The van der Waals surface area contributed by atoms with E-state index in [2.05, 4.69) is 32.3 Å². The van der Waals surface area contributed by atoms with Gasteiger partial charge >= 0.3 is 13.1 Å². The van der Waals surface area contributed by atoms with Crippen LogP contribution in [0.4, 0.5) is 10.2 Å². The summed E-state index contributed by atoms with van der Waals surface area (Å²) in [7, 11) is -0.861. The van der Waals surface area contributed by atoms with E-state index in [1.54, 1.807) is 19.1 Å². The van der Waals surface area contributed by atoms with Gasteiger partial charge in [0.1, 0.15) is 22.0 Å². The summed E-state index contributed by atoms with van der Waals surface area (Å²) in [6, 6.07) is 16.3. The van der Waals surface area contributed by atoms with Gasteiger partial charge in [-0.2, -0.15) is 5.26 Å². The van der Waals surface area contributed by atoms with Gasteiger partial charge < -0.3 is 24.1 Å².